The number of hydrogen-bond acceptors (Lipinski definition) is 3. The molecule has 1 saturated heterocycles. The lowest BCUT2D eigenvalue weighted by Gasteiger charge is -2.37. The highest BCUT2D eigenvalue weighted by Gasteiger charge is 2.26. The summed E-state index contributed by atoms with van der Waals surface area (Å²) in [6, 6.07) is 9.09. The molecule has 0 amide bonds. The monoisotopic (exact) mass is 288 g/mol. The SMILES string of the molecule is CCC1CCN(C(CN)c2csc3ccccc23)CC1. The Morgan fingerprint density at radius 2 is 2.05 bits per heavy atom. The Morgan fingerprint density at radius 1 is 1.30 bits per heavy atom. The summed E-state index contributed by atoms with van der Waals surface area (Å²) in [5.74, 6) is 0.920. The summed E-state index contributed by atoms with van der Waals surface area (Å²) in [7, 11) is 0. The van der Waals surface area contributed by atoms with Crippen molar-refractivity contribution in [1.82, 2.24) is 4.90 Å². The van der Waals surface area contributed by atoms with Crippen molar-refractivity contribution in [1.29, 1.82) is 0 Å². The summed E-state index contributed by atoms with van der Waals surface area (Å²) in [5, 5.41) is 3.71. The molecule has 1 fully saturated rings. The lowest BCUT2D eigenvalue weighted by Crippen LogP contribution is -2.39. The normalized spacial score (nSPS) is 19.5. The van der Waals surface area contributed by atoms with E-state index in [4.69, 9.17) is 5.73 Å². The largest absolute Gasteiger partial charge is 0.329 e. The molecule has 0 radical (unpaired) electrons. The smallest absolute Gasteiger partial charge is 0.0484 e. The molecule has 3 heteroatoms. The second-order valence-electron chi connectivity index (χ2n) is 5.83. The zero-order chi connectivity index (χ0) is 13.9. The predicted octanol–water partition coefficient (Wildman–Crippen LogP) is 4.02. The molecule has 1 aliphatic heterocycles. The van der Waals surface area contributed by atoms with Crippen molar-refractivity contribution in [3.05, 3.63) is 35.2 Å². The van der Waals surface area contributed by atoms with Gasteiger partial charge in [0.05, 0.1) is 0 Å². The van der Waals surface area contributed by atoms with E-state index < -0.39 is 0 Å². The molecule has 1 aromatic heterocycles. The van der Waals surface area contributed by atoms with Gasteiger partial charge in [-0.05, 0) is 54.2 Å². The maximum absolute atomic E-state index is 6.12. The summed E-state index contributed by atoms with van der Waals surface area (Å²) < 4.78 is 1.38. The van der Waals surface area contributed by atoms with E-state index in [-0.39, 0.29) is 0 Å². The average Bonchev–Trinajstić information content (AvgIpc) is 2.93. The van der Waals surface area contributed by atoms with Crippen molar-refractivity contribution in [2.45, 2.75) is 32.2 Å². The van der Waals surface area contributed by atoms with Crippen LogP contribution in [0.1, 0.15) is 37.8 Å². The minimum atomic E-state index is 0.393. The molecule has 2 nitrogen and oxygen atoms in total. The van der Waals surface area contributed by atoms with Crippen LogP contribution >= 0.6 is 11.3 Å². The highest BCUT2D eigenvalue weighted by molar-refractivity contribution is 7.17. The minimum absolute atomic E-state index is 0.393. The number of nitrogens with zero attached hydrogens (tertiary/aromatic N) is 1. The molecule has 2 aromatic rings. The van der Waals surface area contributed by atoms with Crippen LogP contribution in [0.25, 0.3) is 10.1 Å². The molecule has 20 heavy (non-hydrogen) atoms. The van der Waals surface area contributed by atoms with Crippen molar-refractivity contribution in [3.63, 3.8) is 0 Å². The van der Waals surface area contributed by atoms with Crippen LogP contribution in [0, 0.1) is 5.92 Å². The van der Waals surface area contributed by atoms with Crippen molar-refractivity contribution in [2.24, 2.45) is 11.7 Å². The van der Waals surface area contributed by atoms with E-state index in [0.29, 0.717) is 6.04 Å². The highest BCUT2D eigenvalue weighted by Crippen LogP contribution is 2.34. The number of thiophene rings is 1. The molecule has 2 heterocycles. The molecule has 0 spiro atoms. The third-order valence-corrected chi connectivity index (χ3v) is 5.74. The summed E-state index contributed by atoms with van der Waals surface area (Å²) in [6.07, 6.45) is 3.98. The van der Waals surface area contributed by atoms with Gasteiger partial charge in [-0.3, -0.25) is 4.90 Å². The highest BCUT2D eigenvalue weighted by atomic mass is 32.1. The first-order valence-electron chi connectivity index (χ1n) is 7.73. The van der Waals surface area contributed by atoms with Crippen LogP contribution in [0.15, 0.2) is 29.6 Å². The van der Waals surface area contributed by atoms with Gasteiger partial charge in [0.2, 0.25) is 0 Å². The van der Waals surface area contributed by atoms with E-state index in [1.807, 2.05) is 11.3 Å². The Bertz CT molecular complexity index is 555. The lowest BCUT2D eigenvalue weighted by atomic mass is 9.92. The standard InChI is InChI=1S/C17H24N2S/c1-2-13-7-9-19(10-8-13)16(11-18)15-12-20-17-6-4-3-5-14(15)17/h3-6,12-13,16H,2,7-11,18H2,1H3. The van der Waals surface area contributed by atoms with Gasteiger partial charge in [0.1, 0.15) is 0 Å². The molecule has 1 aromatic carbocycles. The van der Waals surface area contributed by atoms with E-state index in [9.17, 15) is 0 Å². The molecule has 0 bridgehead atoms. The fraction of sp³-hybridized carbons (Fsp3) is 0.529. The van der Waals surface area contributed by atoms with Crippen molar-refractivity contribution >= 4 is 21.4 Å². The number of fused-ring (bicyclic) bond motifs is 1. The first-order valence-corrected chi connectivity index (χ1v) is 8.61. The van der Waals surface area contributed by atoms with Gasteiger partial charge in [0.25, 0.3) is 0 Å². The molecular weight excluding hydrogens is 264 g/mol. The first-order chi connectivity index (χ1) is 9.83. The van der Waals surface area contributed by atoms with Crippen molar-refractivity contribution in [2.75, 3.05) is 19.6 Å². The van der Waals surface area contributed by atoms with Gasteiger partial charge in [-0.1, -0.05) is 31.5 Å². The van der Waals surface area contributed by atoms with Gasteiger partial charge in [-0.2, -0.15) is 0 Å². The van der Waals surface area contributed by atoms with Crippen LogP contribution < -0.4 is 5.73 Å². The molecule has 3 rings (SSSR count). The average molecular weight is 288 g/mol. The van der Waals surface area contributed by atoms with E-state index in [2.05, 4.69) is 41.5 Å². The van der Waals surface area contributed by atoms with E-state index in [1.54, 1.807) is 0 Å². The Kier molecular flexibility index (Phi) is 4.39. The molecular formula is C17H24N2S. The van der Waals surface area contributed by atoms with Crippen LogP contribution in [-0.4, -0.2) is 24.5 Å². The fourth-order valence-corrected chi connectivity index (χ4v) is 4.41. The number of rotatable bonds is 4. The molecule has 1 atom stereocenters. The third kappa shape index (κ3) is 2.62. The Hall–Kier alpha value is -0.900. The Labute approximate surface area is 125 Å². The van der Waals surface area contributed by atoms with E-state index >= 15 is 0 Å². The minimum Gasteiger partial charge on any atom is -0.329 e. The fourth-order valence-electron chi connectivity index (χ4n) is 3.40. The number of hydrogen-bond donors (Lipinski definition) is 1. The van der Waals surface area contributed by atoms with E-state index in [0.717, 1.165) is 12.5 Å². The van der Waals surface area contributed by atoms with Crippen LogP contribution in [0.3, 0.4) is 0 Å². The lowest BCUT2D eigenvalue weighted by molar-refractivity contribution is 0.135. The summed E-state index contributed by atoms with van der Waals surface area (Å²) in [4.78, 5) is 2.60. The summed E-state index contributed by atoms with van der Waals surface area (Å²) in [5.41, 5.74) is 7.55. The van der Waals surface area contributed by atoms with Gasteiger partial charge in [0, 0.05) is 17.3 Å². The van der Waals surface area contributed by atoms with Crippen LogP contribution in [0.5, 0.6) is 0 Å². The molecule has 1 unspecified atom stereocenters. The van der Waals surface area contributed by atoms with Gasteiger partial charge in [-0.25, -0.2) is 0 Å². The van der Waals surface area contributed by atoms with E-state index in [1.165, 1.54) is 48.0 Å². The van der Waals surface area contributed by atoms with Gasteiger partial charge >= 0.3 is 0 Å². The van der Waals surface area contributed by atoms with Gasteiger partial charge in [-0.15, -0.1) is 11.3 Å². The molecule has 2 N–H and O–H groups in total. The van der Waals surface area contributed by atoms with Crippen LogP contribution in [-0.2, 0) is 0 Å². The van der Waals surface area contributed by atoms with Crippen molar-refractivity contribution in [3.8, 4) is 0 Å². The topological polar surface area (TPSA) is 29.3 Å². The number of nitrogens with two attached hydrogens (primary N) is 1. The zero-order valence-electron chi connectivity index (χ0n) is 12.2. The van der Waals surface area contributed by atoms with Crippen LogP contribution in [0.2, 0.25) is 0 Å². The van der Waals surface area contributed by atoms with Crippen LogP contribution in [0.4, 0.5) is 0 Å². The maximum Gasteiger partial charge on any atom is 0.0484 e. The van der Waals surface area contributed by atoms with Gasteiger partial charge in [0.15, 0.2) is 0 Å². The molecule has 0 saturated carbocycles. The first kappa shape index (κ1) is 14.1. The van der Waals surface area contributed by atoms with Crippen molar-refractivity contribution < 1.29 is 0 Å². The number of likely N-dealkylation sites (tertiary alicyclic amines) is 1. The predicted molar refractivity (Wildman–Crippen MR) is 88.2 cm³/mol. The molecule has 108 valence electrons. The summed E-state index contributed by atoms with van der Waals surface area (Å²) in [6.45, 7) is 5.43. The second-order valence-corrected chi connectivity index (χ2v) is 6.74. The number of piperidine rings is 1. The second kappa shape index (κ2) is 6.25. The molecule has 1 aliphatic rings. The zero-order valence-corrected chi connectivity index (χ0v) is 13.0. The maximum atomic E-state index is 6.12. The Balaban J connectivity index is 1.83. The van der Waals surface area contributed by atoms with Gasteiger partial charge < -0.3 is 5.73 Å². The third-order valence-electron chi connectivity index (χ3n) is 4.76. The Morgan fingerprint density at radius 3 is 2.75 bits per heavy atom. The number of benzene rings is 1. The quantitative estimate of drug-likeness (QED) is 0.920. The summed E-state index contributed by atoms with van der Waals surface area (Å²) >= 11 is 1.84. The molecule has 0 aliphatic carbocycles.